The fourth-order valence-electron chi connectivity index (χ4n) is 1.65. The maximum atomic E-state index is 9.59. The number of fused-ring (bicyclic) bond motifs is 1. The Morgan fingerprint density at radius 3 is 2.80 bits per heavy atom. The molecule has 5 nitrogen and oxygen atoms in total. The molecule has 6 heteroatoms. The third-order valence-corrected chi connectivity index (χ3v) is 3.84. The Morgan fingerprint density at radius 2 is 2.20 bits per heavy atom. The molecule has 0 saturated carbocycles. The van der Waals surface area contributed by atoms with Crippen molar-refractivity contribution in [2.24, 2.45) is 0 Å². The summed E-state index contributed by atoms with van der Waals surface area (Å²) in [6.07, 6.45) is 2.37. The second-order valence-electron chi connectivity index (χ2n) is 3.49. The van der Waals surface area contributed by atoms with E-state index in [1.165, 1.54) is 7.05 Å². The lowest BCUT2D eigenvalue weighted by molar-refractivity contribution is 0.375. The van der Waals surface area contributed by atoms with Gasteiger partial charge in [-0.15, -0.1) is 0 Å². The van der Waals surface area contributed by atoms with Crippen molar-refractivity contribution in [2.45, 2.75) is 24.4 Å². The number of aryl methyl sites for hydroxylation is 1. The molecule has 0 amide bonds. The minimum atomic E-state index is -3.03. The van der Waals surface area contributed by atoms with E-state index >= 15 is 0 Å². The highest BCUT2D eigenvalue weighted by atomic mass is 32.3. The summed E-state index contributed by atoms with van der Waals surface area (Å²) in [5, 5.41) is 7.84. The Balaban J connectivity index is 2.41. The summed E-state index contributed by atoms with van der Waals surface area (Å²) in [6, 6.07) is 1.56. The number of rotatable bonds is 2. The molecule has 0 bridgehead atoms. The molecule has 1 aromatic heterocycles. The lowest BCUT2D eigenvalue weighted by atomic mass is 9.97. The predicted molar refractivity (Wildman–Crippen MR) is 58.6 cm³/mol. The second kappa shape index (κ2) is 3.64. The van der Waals surface area contributed by atoms with Gasteiger partial charge in [-0.3, -0.25) is 9.11 Å². The van der Waals surface area contributed by atoms with Gasteiger partial charge in [-0.2, -0.15) is 0 Å². The van der Waals surface area contributed by atoms with Gasteiger partial charge in [-0.1, -0.05) is 10.8 Å². The van der Waals surface area contributed by atoms with E-state index in [-0.39, 0.29) is 5.09 Å². The predicted octanol–water partition coefficient (Wildman–Crippen LogP) is 2.23. The Kier molecular flexibility index (Phi) is 2.59. The van der Waals surface area contributed by atoms with Crippen LogP contribution in [0.4, 0.5) is 0 Å². The van der Waals surface area contributed by atoms with Gasteiger partial charge >= 0.3 is 0 Å². The summed E-state index contributed by atoms with van der Waals surface area (Å²) in [5.74, 6) is 0.691. The maximum Gasteiger partial charge on any atom is 0.227 e. The van der Waals surface area contributed by atoms with Gasteiger partial charge in [0.15, 0.2) is 0 Å². The lowest BCUT2D eigenvalue weighted by Gasteiger charge is -2.27. The van der Waals surface area contributed by atoms with Crippen LogP contribution in [-0.4, -0.2) is 21.9 Å². The molecule has 0 saturated heterocycles. The summed E-state index contributed by atoms with van der Waals surface area (Å²) < 4.78 is 27.0. The summed E-state index contributed by atoms with van der Waals surface area (Å²) in [5.41, 5.74) is 1.23. The van der Waals surface area contributed by atoms with Crippen LogP contribution < -0.4 is 4.72 Å². The molecule has 2 rings (SSSR count). The quantitative estimate of drug-likeness (QED) is 0.627. The fourth-order valence-corrected chi connectivity index (χ4v) is 2.35. The smallest absolute Gasteiger partial charge is 0.227 e. The zero-order valence-corrected chi connectivity index (χ0v) is 9.23. The van der Waals surface area contributed by atoms with E-state index in [0.717, 1.165) is 19.3 Å². The van der Waals surface area contributed by atoms with Gasteiger partial charge in [-0.25, -0.2) is 4.72 Å². The van der Waals surface area contributed by atoms with Crippen LogP contribution >= 0.6 is 10.8 Å². The minimum Gasteiger partial charge on any atom is -0.444 e. The van der Waals surface area contributed by atoms with Gasteiger partial charge in [0.1, 0.15) is 5.76 Å². The summed E-state index contributed by atoms with van der Waals surface area (Å²) in [6.45, 7) is 0. The first-order valence-corrected chi connectivity index (χ1v) is 6.26. The molecule has 1 heterocycles. The molecule has 0 atom stereocenters. The number of hydrogen-bond donors (Lipinski definition) is 4. The van der Waals surface area contributed by atoms with E-state index in [1.54, 1.807) is 6.07 Å². The first kappa shape index (κ1) is 10.7. The van der Waals surface area contributed by atoms with Gasteiger partial charge in [0.25, 0.3) is 0 Å². The largest absolute Gasteiger partial charge is 0.444 e. The van der Waals surface area contributed by atoms with Crippen molar-refractivity contribution in [3.8, 4) is 0 Å². The van der Waals surface area contributed by atoms with E-state index in [0.29, 0.717) is 17.0 Å². The highest BCUT2D eigenvalue weighted by Crippen LogP contribution is 2.46. The van der Waals surface area contributed by atoms with E-state index in [2.05, 4.69) is 4.72 Å². The monoisotopic (exact) mass is 230 g/mol. The SMILES string of the molecule is CNS(O)(O)c1cc2c(o1)CCCC2=N. The van der Waals surface area contributed by atoms with Crippen LogP contribution in [0.2, 0.25) is 0 Å². The van der Waals surface area contributed by atoms with Gasteiger partial charge in [0.05, 0.1) is 0 Å². The topological polar surface area (TPSA) is 89.5 Å². The molecule has 0 unspecified atom stereocenters. The van der Waals surface area contributed by atoms with E-state index < -0.39 is 10.8 Å². The normalized spacial score (nSPS) is 17.7. The van der Waals surface area contributed by atoms with Crippen LogP contribution in [0.25, 0.3) is 0 Å². The summed E-state index contributed by atoms with van der Waals surface area (Å²) in [7, 11) is -1.57. The Labute approximate surface area is 89.5 Å². The van der Waals surface area contributed by atoms with Crippen LogP contribution in [0.5, 0.6) is 0 Å². The van der Waals surface area contributed by atoms with E-state index in [1.807, 2.05) is 0 Å². The fraction of sp³-hybridized carbons (Fsp3) is 0.444. The average molecular weight is 230 g/mol. The van der Waals surface area contributed by atoms with Crippen LogP contribution in [0.3, 0.4) is 0 Å². The third-order valence-electron chi connectivity index (χ3n) is 2.51. The van der Waals surface area contributed by atoms with Crippen LogP contribution in [0, 0.1) is 5.41 Å². The van der Waals surface area contributed by atoms with Crippen molar-refractivity contribution >= 4 is 16.5 Å². The molecule has 1 aliphatic rings. The van der Waals surface area contributed by atoms with E-state index in [4.69, 9.17) is 9.83 Å². The van der Waals surface area contributed by atoms with Crippen LogP contribution in [0.15, 0.2) is 15.6 Å². The third kappa shape index (κ3) is 1.81. The first-order valence-electron chi connectivity index (χ1n) is 4.72. The number of furan rings is 1. The molecule has 0 radical (unpaired) electrons. The Morgan fingerprint density at radius 1 is 1.47 bits per heavy atom. The van der Waals surface area contributed by atoms with Gasteiger partial charge in [0, 0.05) is 30.8 Å². The standard InChI is InChI=1S/C9H14N2O3S/c1-11-15(12,13)9-5-6-7(10)3-2-4-8(6)14-9/h5,10-13H,2-4H2,1H3. The molecule has 0 spiro atoms. The average Bonchev–Trinajstić information content (AvgIpc) is 2.64. The highest BCUT2D eigenvalue weighted by molar-refractivity contribution is 8.22. The van der Waals surface area contributed by atoms with Crippen molar-refractivity contribution < 1.29 is 13.5 Å². The van der Waals surface area contributed by atoms with Crippen molar-refractivity contribution in [3.05, 3.63) is 17.4 Å². The molecular formula is C9H14N2O3S. The minimum absolute atomic E-state index is 0.127. The molecule has 15 heavy (non-hydrogen) atoms. The molecule has 84 valence electrons. The molecule has 1 aromatic rings. The van der Waals surface area contributed by atoms with Crippen molar-refractivity contribution in [2.75, 3.05) is 7.05 Å². The molecule has 0 aliphatic heterocycles. The summed E-state index contributed by atoms with van der Waals surface area (Å²) >= 11 is 0. The number of nitrogens with one attached hydrogen (secondary N) is 2. The first-order chi connectivity index (χ1) is 7.04. The zero-order valence-electron chi connectivity index (χ0n) is 8.41. The Bertz CT molecular complexity index is 400. The van der Waals surface area contributed by atoms with Gasteiger partial charge in [-0.05, 0) is 12.8 Å². The molecule has 4 N–H and O–H groups in total. The molecule has 1 aliphatic carbocycles. The van der Waals surface area contributed by atoms with Crippen molar-refractivity contribution in [3.63, 3.8) is 0 Å². The Hall–Kier alpha value is -0.820. The van der Waals surface area contributed by atoms with Crippen molar-refractivity contribution in [1.29, 1.82) is 5.41 Å². The lowest BCUT2D eigenvalue weighted by Crippen LogP contribution is -2.14. The molecular weight excluding hydrogens is 216 g/mol. The second-order valence-corrected chi connectivity index (χ2v) is 5.40. The van der Waals surface area contributed by atoms with Crippen LogP contribution in [-0.2, 0) is 6.42 Å². The van der Waals surface area contributed by atoms with Gasteiger partial charge in [0.2, 0.25) is 5.09 Å². The zero-order chi connectivity index (χ0) is 11.1. The molecule has 0 fully saturated rings. The number of hydrogen-bond acceptors (Lipinski definition) is 5. The van der Waals surface area contributed by atoms with Crippen LogP contribution in [0.1, 0.15) is 24.2 Å². The van der Waals surface area contributed by atoms with E-state index in [9.17, 15) is 9.11 Å². The van der Waals surface area contributed by atoms with Gasteiger partial charge < -0.3 is 9.83 Å². The van der Waals surface area contributed by atoms with Crippen molar-refractivity contribution in [1.82, 2.24) is 4.72 Å². The molecule has 0 aromatic carbocycles. The highest BCUT2D eigenvalue weighted by Gasteiger charge is 2.25. The summed E-state index contributed by atoms with van der Waals surface area (Å²) in [4.78, 5) is 0. The maximum absolute atomic E-state index is 9.59.